The smallest absolute Gasteiger partial charge is 0.327 e. The second-order valence-electron chi connectivity index (χ2n) is 4.34. The van der Waals surface area contributed by atoms with Crippen LogP contribution in [-0.2, 0) is 21.2 Å². The molecule has 0 amide bonds. The summed E-state index contributed by atoms with van der Waals surface area (Å²) in [5.74, 6) is -1.15. The van der Waals surface area contributed by atoms with Gasteiger partial charge in [0.05, 0.1) is 11.9 Å². The molecular weight excluding hydrogens is 266 g/mol. The molecule has 6 heteroatoms. The number of carbonyl (C=O) groups is 1. The number of nitrogens with zero attached hydrogens (tertiary/aromatic N) is 1. The van der Waals surface area contributed by atoms with Crippen LogP contribution in [0.5, 0.6) is 0 Å². The van der Waals surface area contributed by atoms with Gasteiger partial charge in [-0.1, -0.05) is 26.0 Å². The number of hydrogen-bond acceptors (Lipinski definition) is 3. The fraction of sp³-hybridized carbons (Fsp3) is 0.462. The van der Waals surface area contributed by atoms with Crippen molar-refractivity contribution in [1.82, 2.24) is 0 Å². The number of carboxylic acids is 1. The van der Waals surface area contributed by atoms with Crippen molar-refractivity contribution in [2.45, 2.75) is 32.7 Å². The molecule has 0 spiro atoms. The predicted octanol–water partition coefficient (Wildman–Crippen LogP) is 1.88. The van der Waals surface area contributed by atoms with Crippen LogP contribution in [0.1, 0.15) is 25.8 Å². The predicted molar refractivity (Wildman–Crippen MR) is 74.9 cm³/mol. The second kappa shape index (κ2) is 6.06. The number of hydrogen-bond donors (Lipinski definition) is 1. The van der Waals surface area contributed by atoms with E-state index < -0.39 is 22.0 Å². The van der Waals surface area contributed by atoms with E-state index >= 15 is 0 Å². The third-order valence-electron chi connectivity index (χ3n) is 2.91. The summed E-state index contributed by atoms with van der Waals surface area (Å²) >= 11 is 0. The van der Waals surface area contributed by atoms with Gasteiger partial charge in [-0.15, -0.1) is 0 Å². The highest BCUT2D eigenvalue weighted by Gasteiger charge is 2.31. The van der Waals surface area contributed by atoms with Crippen molar-refractivity contribution in [3.63, 3.8) is 0 Å². The summed E-state index contributed by atoms with van der Waals surface area (Å²) in [6.45, 7) is 3.65. The summed E-state index contributed by atoms with van der Waals surface area (Å²) in [5.41, 5.74) is 1.45. The van der Waals surface area contributed by atoms with Crippen LogP contribution in [0.15, 0.2) is 24.3 Å². The Bertz CT molecular complexity index is 536. The molecule has 0 radical (unpaired) electrons. The standard InChI is InChI=1S/C13H19NO4S/c1-4-10-6-8-11(9-7-10)14(19(3,17)18)12(5-2)13(15)16/h6-9,12H,4-5H2,1-3H3,(H,15,16)/t12-/m0/s1. The summed E-state index contributed by atoms with van der Waals surface area (Å²) in [7, 11) is -3.64. The molecule has 1 N–H and O–H groups in total. The Balaban J connectivity index is 3.27. The molecular formula is C13H19NO4S. The highest BCUT2D eigenvalue weighted by Crippen LogP contribution is 2.23. The second-order valence-corrected chi connectivity index (χ2v) is 6.20. The Labute approximate surface area is 113 Å². The van der Waals surface area contributed by atoms with Gasteiger partial charge in [0.25, 0.3) is 0 Å². The lowest BCUT2D eigenvalue weighted by atomic mass is 10.1. The van der Waals surface area contributed by atoms with E-state index in [0.717, 1.165) is 22.5 Å². The fourth-order valence-corrected chi connectivity index (χ4v) is 3.13. The van der Waals surface area contributed by atoms with E-state index in [1.165, 1.54) is 0 Å². The highest BCUT2D eigenvalue weighted by molar-refractivity contribution is 7.92. The Morgan fingerprint density at radius 3 is 2.11 bits per heavy atom. The van der Waals surface area contributed by atoms with Crippen LogP contribution in [0.25, 0.3) is 0 Å². The van der Waals surface area contributed by atoms with Crippen molar-refractivity contribution >= 4 is 21.7 Å². The van der Waals surface area contributed by atoms with Crippen LogP contribution in [0, 0.1) is 0 Å². The minimum Gasteiger partial charge on any atom is -0.480 e. The van der Waals surface area contributed by atoms with Crippen LogP contribution in [0.3, 0.4) is 0 Å². The minimum absolute atomic E-state index is 0.206. The summed E-state index contributed by atoms with van der Waals surface area (Å²) in [4.78, 5) is 11.2. The minimum atomic E-state index is -3.64. The third kappa shape index (κ3) is 3.70. The van der Waals surface area contributed by atoms with Gasteiger partial charge in [-0.2, -0.15) is 0 Å². The first-order chi connectivity index (χ1) is 8.81. The van der Waals surface area contributed by atoms with E-state index in [0.29, 0.717) is 5.69 Å². The molecule has 0 heterocycles. The molecule has 5 nitrogen and oxygen atoms in total. The van der Waals surface area contributed by atoms with Crippen LogP contribution in [0.4, 0.5) is 5.69 Å². The van der Waals surface area contributed by atoms with Crippen molar-refractivity contribution < 1.29 is 18.3 Å². The molecule has 0 aliphatic carbocycles. The van der Waals surface area contributed by atoms with E-state index in [9.17, 15) is 13.2 Å². The van der Waals surface area contributed by atoms with Crippen LogP contribution >= 0.6 is 0 Å². The monoisotopic (exact) mass is 285 g/mol. The average Bonchev–Trinajstić information content (AvgIpc) is 2.34. The number of benzene rings is 1. The third-order valence-corrected chi connectivity index (χ3v) is 4.09. The molecule has 0 saturated carbocycles. The van der Waals surface area contributed by atoms with Crippen molar-refractivity contribution in [3.05, 3.63) is 29.8 Å². The Morgan fingerprint density at radius 2 is 1.79 bits per heavy atom. The fourth-order valence-electron chi connectivity index (χ4n) is 1.92. The van der Waals surface area contributed by atoms with Gasteiger partial charge in [0.15, 0.2) is 0 Å². The molecule has 0 aliphatic rings. The molecule has 0 aromatic heterocycles. The van der Waals surface area contributed by atoms with Gasteiger partial charge in [0.2, 0.25) is 10.0 Å². The van der Waals surface area contributed by atoms with Gasteiger partial charge in [0.1, 0.15) is 6.04 Å². The van der Waals surface area contributed by atoms with Crippen LogP contribution < -0.4 is 4.31 Å². The normalized spacial score (nSPS) is 13.0. The Hall–Kier alpha value is -1.56. The van der Waals surface area contributed by atoms with Gasteiger partial charge in [-0.25, -0.2) is 13.2 Å². The molecule has 0 fully saturated rings. The summed E-state index contributed by atoms with van der Waals surface area (Å²) in [5, 5.41) is 9.16. The van der Waals surface area contributed by atoms with E-state index in [4.69, 9.17) is 5.11 Å². The summed E-state index contributed by atoms with van der Waals surface area (Å²) in [6.07, 6.45) is 2.07. The molecule has 0 unspecified atom stereocenters. The molecule has 1 aromatic rings. The molecule has 106 valence electrons. The van der Waals surface area contributed by atoms with Gasteiger partial charge in [0, 0.05) is 0 Å². The lowest BCUT2D eigenvalue weighted by Gasteiger charge is -2.28. The van der Waals surface area contributed by atoms with Gasteiger partial charge in [-0.3, -0.25) is 4.31 Å². The van der Waals surface area contributed by atoms with Crippen molar-refractivity contribution in [2.75, 3.05) is 10.6 Å². The molecule has 1 atom stereocenters. The molecule has 0 saturated heterocycles. The number of aliphatic carboxylic acids is 1. The zero-order valence-electron chi connectivity index (χ0n) is 11.3. The first-order valence-electron chi connectivity index (χ1n) is 6.12. The number of carboxylic acid groups (broad SMARTS) is 1. The highest BCUT2D eigenvalue weighted by atomic mass is 32.2. The molecule has 1 rings (SSSR count). The molecule has 19 heavy (non-hydrogen) atoms. The van der Waals surface area contributed by atoms with E-state index in [1.807, 2.05) is 19.1 Å². The number of rotatable bonds is 6. The maximum atomic E-state index is 11.9. The quantitative estimate of drug-likeness (QED) is 0.866. The number of anilines is 1. The first kappa shape index (κ1) is 15.5. The van der Waals surface area contributed by atoms with E-state index in [-0.39, 0.29) is 6.42 Å². The molecule has 1 aromatic carbocycles. The maximum absolute atomic E-state index is 11.9. The van der Waals surface area contributed by atoms with E-state index in [2.05, 4.69) is 0 Å². The first-order valence-corrected chi connectivity index (χ1v) is 7.97. The summed E-state index contributed by atoms with van der Waals surface area (Å²) in [6, 6.07) is 5.82. The van der Waals surface area contributed by atoms with Crippen molar-refractivity contribution in [2.24, 2.45) is 0 Å². The van der Waals surface area contributed by atoms with Crippen LogP contribution in [-0.4, -0.2) is 31.8 Å². The zero-order chi connectivity index (χ0) is 14.6. The lowest BCUT2D eigenvalue weighted by Crippen LogP contribution is -2.44. The van der Waals surface area contributed by atoms with Gasteiger partial charge in [-0.05, 0) is 30.5 Å². The average molecular weight is 285 g/mol. The Kier molecular flexibility index (Phi) is 4.94. The Morgan fingerprint density at radius 1 is 1.26 bits per heavy atom. The van der Waals surface area contributed by atoms with Gasteiger partial charge < -0.3 is 5.11 Å². The van der Waals surface area contributed by atoms with Crippen molar-refractivity contribution in [3.8, 4) is 0 Å². The van der Waals surface area contributed by atoms with Gasteiger partial charge >= 0.3 is 5.97 Å². The largest absolute Gasteiger partial charge is 0.480 e. The topological polar surface area (TPSA) is 74.7 Å². The zero-order valence-corrected chi connectivity index (χ0v) is 12.1. The number of sulfonamides is 1. The SMILES string of the molecule is CCc1ccc(N([C@@H](CC)C(=O)O)S(C)(=O)=O)cc1. The lowest BCUT2D eigenvalue weighted by molar-refractivity contribution is -0.138. The maximum Gasteiger partial charge on any atom is 0.327 e. The van der Waals surface area contributed by atoms with E-state index in [1.54, 1.807) is 19.1 Å². The molecule has 0 bridgehead atoms. The van der Waals surface area contributed by atoms with Crippen LogP contribution in [0.2, 0.25) is 0 Å². The summed E-state index contributed by atoms with van der Waals surface area (Å²) < 4.78 is 24.7. The van der Waals surface area contributed by atoms with Crippen molar-refractivity contribution in [1.29, 1.82) is 0 Å². The number of aryl methyl sites for hydroxylation is 1. The molecule has 0 aliphatic heterocycles.